The van der Waals surface area contributed by atoms with E-state index in [4.69, 9.17) is 16.3 Å². The summed E-state index contributed by atoms with van der Waals surface area (Å²) in [6, 6.07) is 14.2. The van der Waals surface area contributed by atoms with E-state index >= 15 is 0 Å². The Balaban J connectivity index is 1.38. The van der Waals surface area contributed by atoms with Crippen LogP contribution in [0.5, 0.6) is 5.75 Å². The minimum Gasteiger partial charge on any atom is -0.497 e. The summed E-state index contributed by atoms with van der Waals surface area (Å²) in [6.07, 6.45) is 1.51. The highest BCUT2D eigenvalue weighted by Crippen LogP contribution is 2.38. The molecule has 1 aliphatic carbocycles. The zero-order chi connectivity index (χ0) is 21.1. The zero-order valence-electron chi connectivity index (χ0n) is 16.3. The number of thiazole rings is 1. The Labute approximate surface area is 183 Å². The summed E-state index contributed by atoms with van der Waals surface area (Å²) in [5, 5.41) is 6.88. The fourth-order valence-electron chi connectivity index (χ4n) is 3.36. The van der Waals surface area contributed by atoms with Crippen molar-refractivity contribution in [2.24, 2.45) is 0 Å². The van der Waals surface area contributed by atoms with Crippen molar-refractivity contribution < 1.29 is 14.3 Å². The Morgan fingerprint density at radius 2 is 1.90 bits per heavy atom. The summed E-state index contributed by atoms with van der Waals surface area (Å²) in [5.74, 6) is 0.182. The van der Waals surface area contributed by atoms with Crippen LogP contribution in [0, 0.1) is 0 Å². The van der Waals surface area contributed by atoms with Gasteiger partial charge in [-0.25, -0.2) is 4.98 Å². The molecule has 0 radical (unpaired) electrons. The second-order valence-corrected chi connectivity index (χ2v) is 8.47. The predicted octanol–water partition coefficient (Wildman–Crippen LogP) is 4.40. The summed E-state index contributed by atoms with van der Waals surface area (Å²) >= 11 is 7.29. The van der Waals surface area contributed by atoms with Gasteiger partial charge < -0.3 is 10.1 Å². The molecule has 6 nitrogen and oxygen atoms in total. The van der Waals surface area contributed by atoms with Gasteiger partial charge in [0.05, 0.1) is 18.7 Å². The van der Waals surface area contributed by atoms with E-state index in [-0.39, 0.29) is 17.7 Å². The van der Waals surface area contributed by atoms with Crippen molar-refractivity contribution in [2.45, 2.75) is 25.3 Å². The Morgan fingerprint density at radius 3 is 2.60 bits per heavy atom. The Kier molecular flexibility index (Phi) is 6.01. The zero-order valence-corrected chi connectivity index (χ0v) is 17.8. The van der Waals surface area contributed by atoms with Crippen LogP contribution in [0.25, 0.3) is 0 Å². The van der Waals surface area contributed by atoms with Crippen LogP contribution in [0.2, 0.25) is 5.02 Å². The number of carbonyl (C=O) groups is 2. The van der Waals surface area contributed by atoms with Crippen LogP contribution in [0.15, 0.2) is 48.5 Å². The molecule has 0 fully saturated rings. The largest absolute Gasteiger partial charge is 0.497 e. The van der Waals surface area contributed by atoms with Gasteiger partial charge in [0, 0.05) is 22.0 Å². The molecule has 2 N–H and O–H groups in total. The number of nitrogens with zero attached hydrogens (tertiary/aromatic N) is 1. The summed E-state index contributed by atoms with van der Waals surface area (Å²) in [6.45, 7) is 0.443. The van der Waals surface area contributed by atoms with E-state index in [0.717, 1.165) is 34.7 Å². The number of ether oxygens (including phenoxy) is 1. The lowest BCUT2D eigenvalue weighted by molar-refractivity contribution is -0.122. The Hall–Kier alpha value is -2.90. The van der Waals surface area contributed by atoms with Crippen molar-refractivity contribution >= 4 is 39.9 Å². The molecule has 0 bridgehead atoms. The quantitative estimate of drug-likeness (QED) is 0.594. The average molecular weight is 442 g/mol. The lowest BCUT2D eigenvalue weighted by Crippen LogP contribution is -2.28. The molecule has 3 aromatic rings. The summed E-state index contributed by atoms with van der Waals surface area (Å²) in [4.78, 5) is 30.7. The lowest BCUT2D eigenvalue weighted by atomic mass is 10.1. The smallest absolute Gasteiger partial charge is 0.257 e. The van der Waals surface area contributed by atoms with Crippen LogP contribution in [-0.2, 0) is 17.8 Å². The van der Waals surface area contributed by atoms with Gasteiger partial charge in [-0.1, -0.05) is 23.7 Å². The van der Waals surface area contributed by atoms with Crippen molar-refractivity contribution in [3.05, 3.63) is 75.3 Å². The predicted molar refractivity (Wildman–Crippen MR) is 117 cm³/mol. The monoisotopic (exact) mass is 441 g/mol. The summed E-state index contributed by atoms with van der Waals surface area (Å²) in [5.41, 5.74) is 2.26. The van der Waals surface area contributed by atoms with Crippen molar-refractivity contribution in [1.82, 2.24) is 10.3 Å². The second-order valence-electron chi connectivity index (χ2n) is 6.95. The molecular formula is C22H20ClN3O3S. The molecule has 0 spiro atoms. The molecule has 2 amide bonds. The van der Waals surface area contributed by atoms with Gasteiger partial charge in [-0.05, 0) is 54.8 Å². The number of hydrogen-bond donors (Lipinski definition) is 2. The van der Waals surface area contributed by atoms with E-state index in [1.807, 2.05) is 24.3 Å². The van der Waals surface area contributed by atoms with E-state index in [1.54, 1.807) is 31.4 Å². The number of aromatic nitrogens is 1. The molecular weight excluding hydrogens is 422 g/mol. The molecule has 1 aromatic heterocycles. The molecule has 1 unspecified atom stereocenters. The number of methoxy groups -OCH3 is 1. The maximum absolute atomic E-state index is 12.7. The number of rotatable bonds is 6. The van der Waals surface area contributed by atoms with Crippen LogP contribution in [0.4, 0.5) is 5.13 Å². The lowest BCUT2D eigenvalue weighted by Gasteiger charge is -2.11. The molecule has 1 heterocycles. The van der Waals surface area contributed by atoms with Crippen molar-refractivity contribution in [2.75, 3.05) is 12.4 Å². The standard InChI is InChI=1S/C22H20ClN3O3S/c1-29-16-8-2-13(3-9-16)12-24-21(28)17-10-11-18-19(17)25-22(30-18)26-20(27)14-4-6-15(23)7-5-14/h2-9,17H,10-12H2,1H3,(H,24,28)(H,25,26,27). The van der Waals surface area contributed by atoms with Gasteiger partial charge in [0.2, 0.25) is 5.91 Å². The number of anilines is 1. The molecule has 1 atom stereocenters. The SMILES string of the molecule is COc1ccc(CNC(=O)C2CCc3sc(NC(=O)c4ccc(Cl)cc4)nc32)cc1. The third kappa shape index (κ3) is 4.47. The third-order valence-corrected chi connectivity index (χ3v) is 6.29. The Morgan fingerprint density at radius 1 is 1.17 bits per heavy atom. The minimum absolute atomic E-state index is 0.0505. The van der Waals surface area contributed by atoms with E-state index in [0.29, 0.717) is 22.3 Å². The van der Waals surface area contributed by atoms with Gasteiger partial charge in [0.1, 0.15) is 5.75 Å². The van der Waals surface area contributed by atoms with E-state index in [9.17, 15) is 9.59 Å². The minimum atomic E-state index is -0.296. The number of fused-ring (bicyclic) bond motifs is 1. The number of aryl methyl sites for hydroxylation is 1. The van der Waals surface area contributed by atoms with E-state index in [2.05, 4.69) is 15.6 Å². The molecule has 0 saturated carbocycles. The molecule has 2 aromatic carbocycles. The Bertz CT molecular complexity index is 1060. The average Bonchev–Trinajstić information content (AvgIpc) is 3.33. The molecule has 154 valence electrons. The number of carbonyl (C=O) groups excluding carboxylic acids is 2. The number of amides is 2. The van der Waals surface area contributed by atoms with Crippen LogP contribution in [0.1, 0.15) is 38.8 Å². The summed E-state index contributed by atoms with van der Waals surface area (Å²) < 4.78 is 5.15. The normalized spacial score (nSPS) is 14.8. The highest BCUT2D eigenvalue weighted by atomic mass is 35.5. The maximum Gasteiger partial charge on any atom is 0.257 e. The number of benzene rings is 2. The van der Waals surface area contributed by atoms with Gasteiger partial charge in [-0.3, -0.25) is 14.9 Å². The second kappa shape index (κ2) is 8.85. The number of nitrogens with one attached hydrogen (secondary N) is 2. The highest BCUT2D eigenvalue weighted by molar-refractivity contribution is 7.16. The fourth-order valence-corrected chi connectivity index (χ4v) is 4.52. The molecule has 30 heavy (non-hydrogen) atoms. The van der Waals surface area contributed by atoms with Crippen LogP contribution in [0.3, 0.4) is 0 Å². The van der Waals surface area contributed by atoms with Gasteiger partial charge in [-0.15, -0.1) is 11.3 Å². The van der Waals surface area contributed by atoms with Crippen LogP contribution >= 0.6 is 22.9 Å². The first-order chi connectivity index (χ1) is 14.5. The molecule has 0 aliphatic heterocycles. The first-order valence-corrected chi connectivity index (χ1v) is 10.7. The topological polar surface area (TPSA) is 80.3 Å². The van der Waals surface area contributed by atoms with Gasteiger partial charge in [0.25, 0.3) is 5.91 Å². The van der Waals surface area contributed by atoms with Gasteiger partial charge >= 0.3 is 0 Å². The van der Waals surface area contributed by atoms with Crippen molar-refractivity contribution in [1.29, 1.82) is 0 Å². The molecule has 8 heteroatoms. The van der Waals surface area contributed by atoms with Crippen molar-refractivity contribution in [3.63, 3.8) is 0 Å². The number of hydrogen-bond acceptors (Lipinski definition) is 5. The molecule has 0 saturated heterocycles. The first-order valence-electron chi connectivity index (χ1n) is 9.50. The van der Waals surface area contributed by atoms with Gasteiger partial charge in [0.15, 0.2) is 5.13 Å². The number of halogens is 1. The highest BCUT2D eigenvalue weighted by Gasteiger charge is 2.32. The third-order valence-electron chi connectivity index (χ3n) is 4.99. The van der Waals surface area contributed by atoms with E-state index in [1.165, 1.54) is 11.3 Å². The van der Waals surface area contributed by atoms with Gasteiger partial charge in [-0.2, -0.15) is 0 Å². The molecule has 1 aliphatic rings. The molecule has 4 rings (SSSR count). The van der Waals surface area contributed by atoms with E-state index < -0.39 is 0 Å². The first kappa shape index (κ1) is 20.4. The summed E-state index contributed by atoms with van der Waals surface area (Å²) in [7, 11) is 1.62. The van der Waals surface area contributed by atoms with Crippen LogP contribution < -0.4 is 15.4 Å². The van der Waals surface area contributed by atoms with Crippen molar-refractivity contribution in [3.8, 4) is 5.75 Å². The van der Waals surface area contributed by atoms with Crippen LogP contribution in [-0.4, -0.2) is 23.9 Å². The fraction of sp³-hybridized carbons (Fsp3) is 0.227. The maximum atomic E-state index is 12.7.